The third-order valence-electron chi connectivity index (χ3n) is 1.98. The van der Waals surface area contributed by atoms with Gasteiger partial charge in [-0.1, -0.05) is 41.9 Å². The molecule has 76 valence electrons. The summed E-state index contributed by atoms with van der Waals surface area (Å²) in [7, 11) is 0. The van der Waals surface area contributed by atoms with Gasteiger partial charge in [0.2, 0.25) is 6.20 Å². The number of aromatic nitrogens is 1. The summed E-state index contributed by atoms with van der Waals surface area (Å²) in [6, 6.07) is 11.8. The molecular weight excluding hydrogens is 210 g/mol. The summed E-state index contributed by atoms with van der Waals surface area (Å²) < 4.78 is 5.56. The predicted octanol–water partition coefficient (Wildman–Crippen LogP) is 2.73. The minimum absolute atomic E-state index is 0.551. The summed E-state index contributed by atoms with van der Waals surface area (Å²) in [6.07, 6.45) is 3.48. The number of hydrogen-bond acceptors (Lipinski definition) is 1. The van der Waals surface area contributed by atoms with Crippen LogP contribution in [0.25, 0.3) is 0 Å². The molecule has 1 heterocycles. The van der Waals surface area contributed by atoms with Gasteiger partial charge in [0.1, 0.15) is 11.6 Å². The maximum Gasteiger partial charge on any atom is 0.209 e. The molecule has 0 saturated carbocycles. The quantitative estimate of drug-likeness (QED) is 0.780. The van der Waals surface area contributed by atoms with Gasteiger partial charge in [-0.25, -0.2) is 4.98 Å². The number of halogens is 1. The Morgan fingerprint density at radius 2 is 1.93 bits per heavy atom. The zero-order valence-electron chi connectivity index (χ0n) is 8.11. The van der Waals surface area contributed by atoms with Gasteiger partial charge in [0.15, 0.2) is 11.9 Å². The summed E-state index contributed by atoms with van der Waals surface area (Å²) in [5, 5.41) is 0.639. The number of aromatic amines is 1. The molecule has 0 bridgehead atoms. The Kier molecular flexibility index (Phi) is 3.20. The van der Waals surface area contributed by atoms with Gasteiger partial charge < -0.3 is 4.74 Å². The second kappa shape index (κ2) is 4.80. The largest absolute Gasteiger partial charge is 0.483 e. The van der Waals surface area contributed by atoms with Crippen molar-refractivity contribution < 1.29 is 9.72 Å². The first-order valence-corrected chi connectivity index (χ1v) is 5.06. The van der Waals surface area contributed by atoms with E-state index in [1.165, 1.54) is 0 Å². The monoisotopic (exact) mass is 220 g/mol. The van der Waals surface area contributed by atoms with E-state index in [1.54, 1.807) is 18.5 Å². The molecule has 15 heavy (non-hydrogen) atoms. The summed E-state index contributed by atoms with van der Waals surface area (Å²) in [5.41, 5.74) is 1.14. The average molecular weight is 221 g/mol. The molecule has 0 aliphatic rings. The Morgan fingerprint density at radius 3 is 2.67 bits per heavy atom. The summed E-state index contributed by atoms with van der Waals surface area (Å²) >= 11 is 5.82. The van der Waals surface area contributed by atoms with Crippen LogP contribution >= 0.6 is 11.6 Å². The Bertz CT molecular complexity index is 431. The molecule has 1 N–H and O–H groups in total. The number of H-pyrrole nitrogens is 1. The molecule has 1 aromatic heterocycles. The first-order chi connectivity index (χ1) is 7.34. The number of nitrogens with one attached hydrogen (secondary N) is 1. The average Bonchev–Trinajstić information content (AvgIpc) is 2.28. The predicted molar refractivity (Wildman–Crippen MR) is 58.8 cm³/mol. The highest BCUT2D eigenvalue weighted by Gasteiger charge is 2.00. The van der Waals surface area contributed by atoms with Crippen LogP contribution in [0.15, 0.2) is 48.8 Å². The van der Waals surface area contributed by atoms with Crippen molar-refractivity contribution in [2.24, 2.45) is 0 Å². The van der Waals surface area contributed by atoms with E-state index in [9.17, 15) is 0 Å². The summed E-state index contributed by atoms with van der Waals surface area (Å²) in [5.74, 6) is 0.742. The fourth-order valence-electron chi connectivity index (χ4n) is 1.25. The van der Waals surface area contributed by atoms with Crippen molar-refractivity contribution in [1.29, 1.82) is 0 Å². The van der Waals surface area contributed by atoms with Gasteiger partial charge in [0, 0.05) is 6.07 Å². The number of benzene rings is 1. The molecule has 0 spiro atoms. The van der Waals surface area contributed by atoms with Gasteiger partial charge in [-0.3, -0.25) is 0 Å². The van der Waals surface area contributed by atoms with E-state index in [-0.39, 0.29) is 0 Å². The molecule has 3 heteroatoms. The number of ether oxygens (including phenoxy) is 1. The van der Waals surface area contributed by atoms with Gasteiger partial charge in [0.25, 0.3) is 0 Å². The molecule has 0 atom stereocenters. The Balaban J connectivity index is 1.99. The highest BCUT2D eigenvalue weighted by Crippen LogP contribution is 2.14. The zero-order valence-corrected chi connectivity index (χ0v) is 8.87. The SMILES string of the molecule is Clc1c[nH+]cc(OCc2ccccc2)c1. The maximum atomic E-state index is 5.82. The van der Waals surface area contributed by atoms with E-state index < -0.39 is 0 Å². The van der Waals surface area contributed by atoms with E-state index in [0.29, 0.717) is 11.6 Å². The van der Waals surface area contributed by atoms with Crippen molar-refractivity contribution >= 4 is 11.6 Å². The molecule has 0 radical (unpaired) electrons. The van der Waals surface area contributed by atoms with Crippen molar-refractivity contribution in [3.8, 4) is 5.75 Å². The molecule has 2 rings (SSSR count). The van der Waals surface area contributed by atoms with Crippen LogP contribution < -0.4 is 9.72 Å². The molecule has 0 fully saturated rings. The molecular formula is C12H11ClNO+. The van der Waals surface area contributed by atoms with E-state index in [4.69, 9.17) is 16.3 Å². The minimum Gasteiger partial charge on any atom is -0.483 e. The summed E-state index contributed by atoms with van der Waals surface area (Å²) in [4.78, 5) is 2.91. The topological polar surface area (TPSA) is 23.4 Å². The smallest absolute Gasteiger partial charge is 0.209 e. The molecule has 2 aromatic rings. The lowest BCUT2D eigenvalue weighted by Crippen LogP contribution is -2.02. The van der Waals surface area contributed by atoms with Crippen LogP contribution in [0, 0.1) is 0 Å². The van der Waals surface area contributed by atoms with Gasteiger partial charge in [0.05, 0.1) is 0 Å². The van der Waals surface area contributed by atoms with Crippen LogP contribution in [0.5, 0.6) is 5.75 Å². The highest BCUT2D eigenvalue weighted by atomic mass is 35.5. The Morgan fingerprint density at radius 1 is 1.13 bits per heavy atom. The van der Waals surface area contributed by atoms with Gasteiger partial charge in [-0.05, 0) is 5.56 Å². The molecule has 2 nitrogen and oxygen atoms in total. The van der Waals surface area contributed by atoms with Crippen molar-refractivity contribution in [3.63, 3.8) is 0 Å². The van der Waals surface area contributed by atoms with Gasteiger partial charge in [-0.15, -0.1) is 0 Å². The lowest BCUT2D eigenvalue weighted by atomic mass is 10.2. The zero-order chi connectivity index (χ0) is 10.5. The first kappa shape index (κ1) is 9.99. The van der Waals surface area contributed by atoms with E-state index >= 15 is 0 Å². The molecule has 0 amide bonds. The lowest BCUT2D eigenvalue weighted by Gasteiger charge is -2.03. The van der Waals surface area contributed by atoms with E-state index in [2.05, 4.69) is 4.98 Å². The molecule has 0 saturated heterocycles. The maximum absolute atomic E-state index is 5.82. The Hall–Kier alpha value is -1.54. The van der Waals surface area contributed by atoms with Crippen LogP contribution in [0.4, 0.5) is 0 Å². The van der Waals surface area contributed by atoms with Gasteiger partial charge in [-0.2, -0.15) is 0 Å². The third-order valence-corrected chi connectivity index (χ3v) is 2.19. The standard InChI is InChI=1S/C12H10ClNO/c13-11-6-12(8-14-7-11)15-9-10-4-2-1-3-5-10/h1-8H,9H2/p+1. The fraction of sp³-hybridized carbons (Fsp3) is 0.0833. The second-order valence-electron chi connectivity index (χ2n) is 3.16. The van der Waals surface area contributed by atoms with Crippen LogP contribution in [0.2, 0.25) is 5.02 Å². The number of rotatable bonds is 3. The highest BCUT2D eigenvalue weighted by molar-refractivity contribution is 6.30. The van der Waals surface area contributed by atoms with Crippen LogP contribution in [0.1, 0.15) is 5.56 Å². The molecule has 0 unspecified atom stereocenters. The van der Waals surface area contributed by atoms with E-state index in [0.717, 1.165) is 11.3 Å². The van der Waals surface area contributed by atoms with Crippen LogP contribution in [0.3, 0.4) is 0 Å². The second-order valence-corrected chi connectivity index (χ2v) is 3.60. The van der Waals surface area contributed by atoms with Crippen molar-refractivity contribution in [1.82, 2.24) is 0 Å². The van der Waals surface area contributed by atoms with Crippen molar-refractivity contribution in [3.05, 3.63) is 59.4 Å². The van der Waals surface area contributed by atoms with Crippen molar-refractivity contribution in [2.45, 2.75) is 6.61 Å². The van der Waals surface area contributed by atoms with Crippen molar-refractivity contribution in [2.75, 3.05) is 0 Å². The molecule has 1 aromatic carbocycles. The summed E-state index contributed by atoms with van der Waals surface area (Å²) in [6.45, 7) is 0.551. The third kappa shape index (κ3) is 2.96. The minimum atomic E-state index is 0.551. The molecule has 0 aliphatic carbocycles. The normalized spacial score (nSPS) is 9.93. The lowest BCUT2D eigenvalue weighted by molar-refractivity contribution is -0.378. The fourth-order valence-corrected chi connectivity index (χ4v) is 1.42. The van der Waals surface area contributed by atoms with E-state index in [1.807, 2.05) is 30.3 Å². The van der Waals surface area contributed by atoms with Crippen LogP contribution in [-0.2, 0) is 6.61 Å². The Labute approximate surface area is 93.5 Å². The van der Waals surface area contributed by atoms with Gasteiger partial charge >= 0.3 is 0 Å². The number of pyridine rings is 1. The number of hydrogen-bond donors (Lipinski definition) is 0. The first-order valence-electron chi connectivity index (χ1n) is 4.68. The van der Waals surface area contributed by atoms with Crippen LogP contribution in [-0.4, -0.2) is 0 Å². The molecule has 0 aliphatic heterocycles.